The molecule has 1 aliphatic rings. The van der Waals surface area contributed by atoms with Gasteiger partial charge in [-0.1, -0.05) is 41.6 Å². The summed E-state index contributed by atoms with van der Waals surface area (Å²) in [6.45, 7) is 0. The summed E-state index contributed by atoms with van der Waals surface area (Å²) in [7, 11) is 0. The van der Waals surface area contributed by atoms with Crippen molar-refractivity contribution in [3.05, 3.63) is 28.7 Å². The van der Waals surface area contributed by atoms with Crippen LogP contribution in [0.2, 0.25) is 0 Å². The molecule has 0 N–H and O–H groups in total. The third kappa shape index (κ3) is 3.50. The molecule has 3 heteroatoms. The quantitative estimate of drug-likeness (QED) is 0.705. The van der Waals surface area contributed by atoms with Crippen molar-refractivity contribution in [2.45, 2.75) is 48.2 Å². The van der Waals surface area contributed by atoms with E-state index in [1.807, 2.05) is 12.1 Å². The lowest BCUT2D eigenvalue weighted by Gasteiger charge is -2.24. The highest BCUT2D eigenvalue weighted by Crippen LogP contribution is 2.42. The highest BCUT2D eigenvalue weighted by Gasteiger charge is 2.31. The predicted molar refractivity (Wildman–Crippen MR) is 76.0 cm³/mol. The fourth-order valence-corrected chi connectivity index (χ4v) is 3.79. The maximum Gasteiger partial charge on any atom is 0.107 e. The van der Waals surface area contributed by atoms with E-state index in [1.54, 1.807) is 11.8 Å². The predicted octanol–water partition coefficient (Wildman–Crippen LogP) is 5.16. The number of halogens is 1. The highest BCUT2D eigenvalue weighted by atomic mass is 79.9. The van der Waals surface area contributed by atoms with Crippen LogP contribution < -0.4 is 0 Å². The molecular formula is C14H16BrNS. The first-order valence-corrected chi connectivity index (χ1v) is 7.71. The lowest BCUT2D eigenvalue weighted by Crippen LogP contribution is -2.20. The van der Waals surface area contributed by atoms with Gasteiger partial charge in [-0.05, 0) is 37.1 Å². The summed E-state index contributed by atoms with van der Waals surface area (Å²) < 4.78 is 0.901. The zero-order valence-corrected chi connectivity index (χ0v) is 12.2. The van der Waals surface area contributed by atoms with E-state index in [-0.39, 0.29) is 4.75 Å². The Kier molecular flexibility index (Phi) is 4.53. The highest BCUT2D eigenvalue weighted by molar-refractivity contribution is 9.10. The maximum atomic E-state index is 9.50. The Morgan fingerprint density at radius 3 is 2.18 bits per heavy atom. The van der Waals surface area contributed by atoms with Crippen LogP contribution in [0.3, 0.4) is 0 Å². The maximum absolute atomic E-state index is 9.50. The van der Waals surface area contributed by atoms with Gasteiger partial charge in [-0.3, -0.25) is 0 Å². The van der Waals surface area contributed by atoms with Gasteiger partial charge in [0, 0.05) is 9.37 Å². The number of nitrogens with zero attached hydrogens (tertiary/aromatic N) is 1. The molecule has 1 aromatic carbocycles. The molecule has 0 aliphatic heterocycles. The largest absolute Gasteiger partial charge is 0.197 e. The van der Waals surface area contributed by atoms with Gasteiger partial charge in [0.25, 0.3) is 0 Å². The van der Waals surface area contributed by atoms with Gasteiger partial charge < -0.3 is 0 Å². The minimum absolute atomic E-state index is 0.190. The molecule has 0 atom stereocenters. The molecule has 0 amide bonds. The Balaban J connectivity index is 2.13. The molecule has 0 saturated heterocycles. The average molecular weight is 310 g/mol. The summed E-state index contributed by atoms with van der Waals surface area (Å²) in [6.07, 6.45) is 7.01. The van der Waals surface area contributed by atoms with Gasteiger partial charge in [0.15, 0.2) is 0 Å². The Hall–Kier alpha value is -0.460. The van der Waals surface area contributed by atoms with Gasteiger partial charge in [0.2, 0.25) is 0 Å². The van der Waals surface area contributed by atoms with Crippen LogP contribution in [0.15, 0.2) is 33.6 Å². The first-order valence-electron chi connectivity index (χ1n) is 6.10. The molecule has 0 bridgehead atoms. The molecule has 1 nitrogen and oxygen atoms in total. The summed E-state index contributed by atoms with van der Waals surface area (Å²) in [5.74, 6) is 0. The first kappa shape index (κ1) is 13.0. The SMILES string of the molecule is N#CC1(Sc2ccc(Br)cc2)CCCCCC1. The number of hydrogen-bond donors (Lipinski definition) is 0. The van der Waals surface area contributed by atoms with Gasteiger partial charge >= 0.3 is 0 Å². The summed E-state index contributed by atoms with van der Waals surface area (Å²) in [5.41, 5.74) is 0. The van der Waals surface area contributed by atoms with Crippen LogP contribution in [0, 0.1) is 11.3 Å². The van der Waals surface area contributed by atoms with Crippen molar-refractivity contribution in [2.75, 3.05) is 0 Å². The lowest BCUT2D eigenvalue weighted by molar-refractivity contribution is 0.618. The Morgan fingerprint density at radius 1 is 1.06 bits per heavy atom. The van der Waals surface area contributed by atoms with Crippen LogP contribution in [-0.4, -0.2) is 4.75 Å². The van der Waals surface area contributed by atoms with E-state index in [2.05, 4.69) is 34.1 Å². The van der Waals surface area contributed by atoms with Gasteiger partial charge in [0.1, 0.15) is 4.75 Å². The van der Waals surface area contributed by atoms with E-state index in [1.165, 1.54) is 30.6 Å². The van der Waals surface area contributed by atoms with Crippen LogP contribution in [0.25, 0.3) is 0 Å². The molecule has 17 heavy (non-hydrogen) atoms. The van der Waals surface area contributed by atoms with Gasteiger partial charge in [-0.2, -0.15) is 5.26 Å². The first-order chi connectivity index (χ1) is 8.24. The molecule has 0 heterocycles. The summed E-state index contributed by atoms with van der Waals surface area (Å²) in [5, 5.41) is 9.50. The lowest BCUT2D eigenvalue weighted by atomic mass is 10.0. The topological polar surface area (TPSA) is 23.8 Å². The zero-order chi connectivity index (χ0) is 12.1. The van der Waals surface area contributed by atoms with Crippen LogP contribution >= 0.6 is 27.7 Å². The van der Waals surface area contributed by atoms with Crippen LogP contribution in [-0.2, 0) is 0 Å². The third-order valence-corrected chi connectivity index (χ3v) is 5.17. The van der Waals surface area contributed by atoms with Crippen molar-refractivity contribution < 1.29 is 0 Å². The minimum Gasteiger partial charge on any atom is -0.197 e. The van der Waals surface area contributed by atoms with E-state index in [0.717, 1.165) is 17.3 Å². The minimum atomic E-state index is -0.190. The molecule has 1 aliphatic carbocycles. The normalized spacial score (nSPS) is 19.3. The standard InChI is InChI=1S/C14H16BrNS/c15-12-5-7-13(8-6-12)17-14(11-16)9-3-1-2-4-10-14/h5-8H,1-4,9-10H2. The Labute approximate surface area is 116 Å². The van der Waals surface area contributed by atoms with Crippen molar-refractivity contribution in [1.29, 1.82) is 5.26 Å². The molecule has 0 radical (unpaired) electrons. The van der Waals surface area contributed by atoms with E-state index >= 15 is 0 Å². The van der Waals surface area contributed by atoms with Crippen molar-refractivity contribution in [2.24, 2.45) is 0 Å². The molecule has 1 saturated carbocycles. The molecule has 1 fully saturated rings. The second kappa shape index (κ2) is 5.93. The van der Waals surface area contributed by atoms with E-state index < -0.39 is 0 Å². The molecule has 0 unspecified atom stereocenters. The molecular weight excluding hydrogens is 294 g/mol. The van der Waals surface area contributed by atoms with Gasteiger partial charge in [0.05, 0.1) is 6.07 Å². The van der Waals surface area contributed by atoms with Crippen molar-refractivity contribution >= 4 is 27.7 Å². The van der Waals surface area contributed by atoms with Crippen molar-refractivity contribution in [3.8, 4) is 6.07 Å². The van der Waals surface area contributed by atoms with Gasteiger partial charge in [-0.25, -0.2) is 0 Å². The number of thioether (sulfide) groups is 1. The van der Waals surface area contributed by atoms with E-state index in [4.69, 9.17) is 0 Å². The summed E-state index contributed by atoms with van der Waals surface area (Å²) in [6, 6.07) is 10.9. The molecule has 90 valence electrons. The van der Waals surface area contributed by atoms with Crippen molar-refractivity contribution in [1.82, 2.24) is 0 Å². The van der Waals surface area contributed by atoms with Crippen LogP contribution in [0.4, 0.5) is 0 Å². The fraction of sp³-hybridized carbons (Fsp3) is 0.500. The van der Waals surface area contributed by atoms with E-state index in [0.29, 0.717) is 0 Å². The van der Waals surface area contributed by atoms with Crippen molar-refractivity contribution in [3.63, 3.8) is 0 Å². The van der Waals surface area contributed by atoms with Crippen LogP contribution in [0.1, 0.15) is 38.5 Å². The Morgan fingerprint density at radius 2 is 1.65 bits per heavy atom. The fourth-order valence-electron chi connectivity index (χ4n) is 2.26. The second-order valence-corrected chi connectivity index (χ2v) is 6.95. The summed E-state index contributed by atoms with van der Waals surface area (Å²) in [4.78, 5) is 1.21. The number of rotatable bonds is 2. The second-order valence-electron chi connectivity index (χ2n) is 4.58. The molecule has 1 aromatic rings. The number of benzene rings is 1. The average Bonchev–Trinajstić information content (AvgIpc) is 2.58. The molecule has 2 rings (SSSR count). The van der Waals surface area contributed by atoms with Crippen LogP contribution in [0.5, 0.6) is 0 Å². The monoisotopic (exact) mass is 309 g/mol. The molecule has 0 aromatic heterocycles. The zero-order valence-electron chi connectivity index (χ0n) is 9.79. The van der Waals surface area contributed by atoms with E-state index in [9.17, 15) is 5.26 Å². The number of hydrogen-bond acceptors (Lipinski definition) is 2. The Bertz CT molecular complexity index is 399. The third-order valence-electron chi connectivity index (χ3n) is 3.24. The number of nitriles is 1. The molecule has 0 spiro atoms. The smallest absolute Gasteiger partial charge is 0.107 e. The summed E-state index contributed by atoms with van der Waals surface area (Å²) >= 11 is 5.19. The van der Waals surface area contributed by atoms with Gasteiger partial charge in [-0.15, -0.1) is 11.8 Å².